The molecule has 0 N–H and O–H groups in total. The van der Waals surface area contributed by atoms with Crippen molar-refractivity contribution >= 4 is 23.0 Å². The summed E-state index contributed by atoms with van der Waals surface area (Å²) in [4.78, 5) is 22.5. The minimum absolute atomic E-state index is 0.0936. The molecular weight excluding hydrogens is 266 g/mol. The largest absolute Gasteiger partial charge is 0.462 e. The standard InChI is InChI=1S/C13H11NO4S/c1-2-18-13(15)10-4-3-5-11(14(16)17)12(10)9-6-7-19-8-9/h3-8H,2H2,1H3. The molecule has 2 aromatic rings. The van der Waals surface area contributed by atoms with Crippen molar-refractivity contribution in [2.45, 2.75) is 6.92 Å². The van der Waals surface area contributed by atoms with Gasteiger partial charge >= 0.3 is 5.97 Å². The van der Waals surface area contributed by atoms with E-state index < -0.39 is 10.9 Å². The van der Waals surface area contributed by atoms with Crippen LogP contribution in [0.15, 0.2) is 35.0 Å². The highest BCUT2D eigenvalue weighted by Gasteiger charge is 2.23. The summed E-state index contributed by atoms with van der Waals surface area (Å²) in [7, 11) is 0. The monoisotopic (exact) mass is 277 g/mol. The third kappa shape index (κ3) is 2.63. The second-order valence-corrected chi connectivity index (χ2v) is 4.47. The van der Waals surface area contributed by atoms with Crippen LogP contribution in [0.3, 0.4) is 0 Å². The number of hydrogen-bond donors (Lipinski definition) is 0. The summed E-state index contributed by atoms with van der Waals surface area (Å²) < 4.78 is 4.94. The number of esters is 1. The molecule has 0 unspecified atom stereocenters. The SMILES string of the molecule is CCOC(=O)c1cccc([N+](=O)[O-])c1-c1ccsc1. The van der Waals surface area contributed by atoms with E-state index in [4.69, 9.17) is 4.74 Å². The molecule has 5 nitrogen and oxygen atoms in total. The minimum Gasteiger partial charge on any atom is -0.462 e. The Balaban J connectivity index is 2.64. The lowest BCUT2D eigenvalue weighted by atomic mass is 10.00. The molecule has 19 heavy (non-hydrogen) atoms. The van der Waals surface area contributed by atoms with Crippen molar-refractivity contribution in [1.29, 1.82) is 0 Å². The van der Waals surface area contributed by atoms with Gasteiger partial charge < -0.3 is 4.74 Å². The summed E-state index contributed by atoms with van der Waals surface area (Å²) in [5.74, 6) is -0.549. The van der Waals surface area contributed by atoms with Gasteiger partial charge in [-0.2, -0.15) is 11.3 Å². The Hall–Kier alpha value is -2.21. The molecule has 6 heteroatoms. The third-order valence-corrected chi connectivity index (χ3v) is 3.23. The van der Waals surface area contributed by atoms with E-state index in [1.807, 2.05) is 0 Å². The molecule has 1 aromatic heterocycles. The fourth-order valence-corrected chi connectivity index (χ4v) is 2.43. The molecule has 0 radical (unpaired) electrons. The van der Waals surface area contributed by atoms with Crippen molar-refractivity contribution in [2.75, 3.05) is 6.61 Å². The van der Waals surface area contributed by atoms with E-state index in [1.54, 1.807) is 23.8 Å². The number of nitrogens with zero attached hydrogens (tertiary/aromatic N) is 1. The fraction of sp³-hybridized carbons (Fsp3) is 0.154. The number of hydrogen-bond acceptors (Lipinski definition) is 5. The first kappa shape index (κ1) is 13.2. The lowest BCUT2D eigenvalue weighted by Gasteiger charge is -2.08. The van der Waals surface area contributed by atoms with Gasteiger partial charge in [0.15, 0.2) is 0 Å². The molecule has 0 bridgehead atoms. The van der Waals surface area contributed by atoms with Gasteiger partial charge in [-0.15, -0.1) is 0 Å². The van der Waals surface area contributed by atoms with Crippen LogP contribution in [0.5, 0.6) is 0 Å². The highest BCUT2D eigenvalue weighted by Crippen LogP contribution is 2.34. The molecule has 0 saturated heterocycles. The van der Waals surface area contributed by atoms with Gasteiger partial charge in [-0.25, -0.2) is 4.79 Å². The number of carbonyl (C=O) groups is 1. The van der Waals surface area contributed by atoms with E-state index >= 15 is 0 Å². The van der Waals surface area contributed by atoms with Crippen molar-refractivity contribution < 1.29 is 14.5 Å². The number of thiophene rings is 1. The second kappa shape index (κ2) is 5.62. The normalized spacial score (nSPS) is 10.2. The molecule has 0 fully saturated rings. The van der Waals surface area contributed by atoms with Crippen LogP contribution >= 0.6 is 11.3 Å². The summed E-state index contributed by atoms with van der Waals surface area (Å²) in [6.07, 6.45) is 0. The Kier molecular flexibility index (Phi) is 3.91. The van der Waals surface area contributed by atoms with Gasteiger partial charge in [0.1, 0.15) is 0 Å². The molecule has 0 aliphatic rings. The predicted octanol–water partition coefficient (Wildman–Crippen LogP) is 3.50. The van der Waals surface area contributed by atoms with Crippen LogP contribution in [0, 0.1) is 10.1 Å². The van der Waals surface area contributed by atoms with E-state index in [9.17, 15) is 14.9 Å². The molecule has 0 saturated carbocycles. The number of ether oxygens (including phenoxy) is 1. The second-order valence-electron chi connectivity index (χ2n) is 3.69. The van der Waals surface area contributed by atoms with Crippen LogP contribution in [0.1, 0.15) is 17.3 Å². The zero-order valence-corrected chi connectivity index (χ0v) is 11.0. The first-order valence-corrected chi connectivity index (χ1v) is 6.56. The van der Waals surface area contributed by atoms with Gasteiger partial charge in [-0.3, -0.25) is 10.1 Å². The van der Waals surface area contributed by atoms with Crippen molar-refractivity contribution in [3.63, 3.8) is 0 Å². The molecule has 1 heterocycles. The Morgan fingerprint density at radius 1 is 1.42 bits per heavy atom. The van der Waals surface area contributed by atoms with E-state index in [0.29, 0.717) is 11.1 Å². The lowest BCUT2D eigenvalue weighted by molar-refractivity contribution is -0.384. The molecule has 0 spiro atoms. The number of nitro groups is 1. The minimum atomic E-state index is -0.549. The average Bonchev–Trinajstić information content (AvgIpc) is 2.91. The molecule has 0 aliphatic heterocycles. The van der Waals surface area contributed by atoms with Gasteiger partial charge in [0.25, 0.3) is 5.69 Å². The fourth-order valence-electron chi connectivity index (χ4n) is 1.78. The number of rotatable bonds is 4. The molecule has 1 aromatic carbocycles. The number of nitro benzene ring substituents is 1. The molecule has 0 amide bonds. The van der Waals surface area contributed by atoms with Crippen LogP contribution < -0.4 is 0 Å². The predicted molar refractivity (Wildman–Crippen MR) is 72.4 cm³/mol. The molecule has 0 aliphatic carbocycles. The first-order valence-electron chi connectivity index (χ1n) is 5.62. The van der Waals surface area contributed by atoms with E-state index in [0.717, 1.165) is 0 Å². The van der Waals surface area contributed by atoms with Crippen molar-refractivity contribution in [2.24, 2.45) is 0 Å². The maximum absolute atomic E-state index is 11.9. The van der Waals surface area contributed by atoms with Crippen LogP contribution in [0.2, 0.25) is 0 Å². The Morgan fingerprint density at radius 3 is 2.79 bits per heavy atom. The van der Waals surface area contributed by atoms with Crippen molar-refractivity contribution in [1.82, 2.24) is 0 Å². The van der Waals surface area contributed by atoms with Gasteiger partial charge in [0.2, 0.25) is 0 Å². The third-order valence-electron chi connectivity index (χ3n) is 2.54. The number of benzene rings is 1. The van der Waals surface area contributed by atoms with Gasteiger partial charge in [0, 0.05) is 11.6 Å². The highest BCUT2D eigenvalue weighted by atomic mass is 32.1. The maximum atomic E-state index is 11.9. The van der Waals surface area contributed by atoms with E-state index in [1.165, 1.54) is 29.5 Å². The van der Waals surface area contributed by atoms with Gasteiger partial charge in [-0.05, 0) is 29.8 Å². The lowest BCUT2D eigenvalue weighted by Crippen LogP contribution is -2.07. The van der Waals surface area contributed by atoms with Crippen molar-refractivity contribution in [3.8, 4) is 11.1 Å². The summed E-state index contributed by atoms with van der Waals surface area (Å²) in [6, 6.07) is 6.16. The van der Waals surface area contributed by atoms with Crippen molar-refractivity contribution in [3.05, 3.63) is 50.7 Å². The highest BCUT2D eigenvalue weighted by molar-refractivity contribution is 7.08. The maximum Gasteiger partial charge on any atom is 0.339 e. The number of carbonyl (C=O) groups excluding carboxylic acids is 1. The summed E-state index contributed by atoms with van der Waals surface area (Å²) in [5, 5.41) is 14.7. The van der Waals surface area contributed by atoms with Gasteiger partial charge in [0.05, 0.1) is 22.7 Å². The topological polar surface area (TPSA) is 69.4 Å². The Morgan fingerprint density at radius 2 is 2.21 bits per heavy atom. The first-order chi connectivity index (χ1) is 9.15. The van der Waals surface area contributed by atoms with E-state index in [-0.39, 0.29) is 17.9 Å². The molecular formula is C13H11NO4S. The Bertz CT molecular complexity index is 607. The van der Waals surface area contributed by atoms with Crippen LogP contribution in [-0.4, -0.2) is 17.5 Å². The summed E-state index contributed by atoms with van der Waals surface area (Å²) in [6.45, 7) is 1.92. The summed E-state index contributed by atoms with van der Waals surface area (Å²) in [5.41, 5.74) is 1.09. The summed E-state index contributed by atoms with van der Waals surface area (Å²) >= 11 is 1.41. The zero-order chi connectivity index (χ0) is 13.8. The van der Waals surface area contributed by atoms with Crippen LogP contribution in [-0.2, 0) is 4.74 Å². The Labute approximate surface area is 113 Å². The molecule has 0 atom stereocenters. The van der Waals surface area contributed by atoms with Gasteiger partial charge in [-0.1, -0.05) is 6.07 Å². The molecule has 2 rings (SSSR count). The average molecular weight is 277 g/mol. The smallest absolute Gasteiger partial charge is 0.339 e. The van der Waals surface area contributed by atoms with Crippen LogP contribution in [0.4, 0.5) is 5.69 Å². The van der Waals surface area contributed by atoms with Crippen LogP contribution in [0.25, 0.3) is 11.1 Å². The van der Waals surface area contributed by atoms with E-state index in [2.05, 4.69) is 0 Å². The molecule has 98 valence electrons. The zero-order valence-electron chi connectivity index (χ0n) is 10.2. The quantitative estimate of drug-likeness (QED) is 0.487.